The first-order chi connectivity index (χ1) is 12.1. The second-order valence-electron chi connectivity index (χ2n) is 5.59. The number of aromatic amines is 1. The lowest BCUT2D eigenvalue weighted by atomic mass is 10.2. The van der Waals surface area contributed by atoms with E-state index in [-0.39, 0.29) is 5.91 Å². The Morgan fingerprint density at radius 1 is 1.20 bits per heavy atom. The van der Waals surface area contributed by atoms with Gasteiger partial charge in [-0.1, -0.05) is 12.1 Å². The monoisotopic (exact) mass is 337 g/mol. The van der Waals surface area contributed by atoms with E-state index in [0.29, 0.717) is 17.3 Å². The number of amides is 1. The summed E-state index contributed by atoms with van der Waals surface area (Å²) in [4.78, 5) is 16.2. The van der Waals surface area contributed by atoms with Gasteiger partial charge in [0.15, 0.2) is 11.6 Å². The fraction of sp³-hybridized carbons (Fsp3) is 0.167. The van der Waals surface area contributed by atoms with E-state index in [1.807, 2.05) is 42.5 Å². The van der Waals surface area contributed by atoms with Crippen LogP contribution in [0.15, 0.2) is 48.5 Å². The maximum atomic E-state index is 11.7. The first-order valence-electron chi connectivity index (χ1n) is 7.80. The Balaban J connectivity index is 1.83. The van der Waals surface area contributed by atoms with Gasteiger partial charge in [0.05, 0.1) is 13.2 Å². The number of benzene rings is 2. The van der Waals surface area contributed by atoms with Gasteiger partial charge in [-0.15, -0.1) is 0 Å². The standard InChI is InChI=1S/C18H19N5O2/c1-11(19)18(24)20-14-5-3-4-13(10-14)17-21-16(22-23-17)12-6-8-15(25-2)9-7-12/h3-11H,19H2,1-2H3,(H,20,24)(H,21,22,23)/t11-/m0/s1. The van der Waals surface area contributed by atoms with E-state index in [1.165, 1.54) is 0 Å². The number of carbonyl (C=O) groups is 1. The van der Waals surface area contributed by atoms with Crippen LogP contribution in [0.2, 0.25) is 0 Å². The molecule has 1 atom stereocenters. The molecule has 3 aromatic rings. The molecule has 128 valence electrons. The molecule has 4 N–H and O–H groups in total. The number of carbonyl (C=O) groups excluding carboxylic acids is 1. The van der Waals surface area contributed by atoms with Crippen molar-refractivity contribution in [2.24, 2.45) is 5.73 Å². The highest BCUT2D eigenvalue weighted by molar-refractivity contribution is 5.94. The van der Waals surface area contributed by atoms with Gasteiger partial charge in [0, 0.05) is 16.8 Å². The minimum absolute atomic E-state index is 0.242. The van der Waals surface area contributed by atoms with Crippen molar-refractivity contribution in [2.75, 3.05) is 12.4 Å². The third kappa shape index (κ3) is 3.84. The van der Waals surface area contributed by atoms with Crippen molar-refractivity contribution in [3.05, 3.63) is 48.5 Å². The predicted molar refractivity (Wildman–Crippen MR) is 96.1 cm³/mol. The summed E-state index contributed by atoms with van der Waals surface area (Å²) in [6.07, 6.45) is 0. The maximum absolute atomic E-state index is 11.7. The largest absolute Gasteiger partial charge is 0.497 e. The maximum Gasteiger partial charge on any atom is 0.240 e. The first-order valence-corrected chi connectivity index (χ1v) is 7.80. The van der Waals surface area contributed by atoms with Crippen molar-refractivity contribution in [3.63, 3.8) is 0 Å². The normalized spacial score (nSPS) is 11.8. The Morgan fingerprint density at radius 2 is 1.96 bits per heavy atom. The van der Waals surface area contributed by atoms with Gasteiger partial charge in [-0.25, -0.2) is 4.98 Å². The molecule has 1 amide bonds. The van der Waals surface area contributed by atoms with Crippen LogP contribution < -0.4 is 15.8 Å². The molecule has 1 heterocycles. The topological polar surface area (TPSA) is 106 Å². The van der Waals surface area contributed by atoms with Crippen LogP contribution in [0.25, 0.3) is 22.8 Å². The number of rotatable bonds is 5. The number of anilines is 1. The summed E-state index contributed by atoms with van der Waals surface area (Å²) < 4.78 is 5.15. The molecule has 0 unspecified atom stereocenters. The highest BCUT2D eigenvalue weighted by Crippen LogP contribution is 2.23. The van der Waals surface area contributed by atoms with Crippen LogP contribution in [0, 0.1) is 0 Å². The van der Waals surface area contributed by atoms with Crippen LogP contribution in [-0.2, 0) is 4.79 Å². The third-order valence-electron chi connectivity index (χ3n) is 3.65. The summed E-state index contributed by atoms with van der Waals surface area (Å²) >= 11 is 0. The Morgan fingerprint density at radius 3 is 2.64 bits per heavy atom. The second-order valence-corrected chi connectivity index (χ2v) is 5.59. The number of hydrogen-bond acceptors (Lipinski definition) is 5. The predicted octanol–water partition coefficient (Wildman–Crippen LogP) is 2.43. The smallest absolute Gasteiger partial charge is 0.240 e. The number of nitrogens with zero attached hydrogens (tertiary/aromatic N) is 2. The van der Waals surface area contributed by atoms with Crippen molar-refractivity contribution in [3.8, 4) is 28.5 Å². The van der Waals surface area contributed by atoms with Crippen molar-refractivity contribution in [1.82, 2.24) is 15.2 Å². The van der Waals surface area contributed by atoms with Crippen molar-refractivity contribution in [2.45, 2.75) is 13.0 Å². The molecule has 0 aliphatic carbocycles. The lowest BCUT2D eigenvalue weighted by molar-refractivity contribution is -0.117. The molecule has 7 nitrogen and oxygen atoms in total. The molecular formula is C18H19N5O2. The summed E-state index contributed by atoms with van der Waals surface area (Å²) in [6, 6.07) is 14.3. The number of hydrogen-bond donors (Lipinski definition) is 3. The molecule has 2 aromatic carbocycles. The van der Waals surface area contributed by atoms with Gasteiger partial charge in [-0.05, 0) is 43.3 Å². The molecule has 0 bridgehead atoms. The number of nitrogens with one attached hydrogen (secondary N) is 2. The Hall–Kier alpha value is -3.19. The summed E-state index contributed by atoms with van der Waals surface area (Å²) in [5, 5.41) is 9.94. The van der Waals surface area contributed by atoms with Crippen LogP contribution in [0.3, 0.4) is 0 Å². The molecule has 0 saturated heterocycles. The SMILES string of the molecule is COc1ccc(-c2n[nH]c(-c3cccc(NC(=O)[C@H](C)N)c3)n2)cc1. The first kappa shape index (κ1) is 16.7. The summed E-state index contributed by atoms with van der Waals surface area (Å²) in [7, 11) is 1.62. The lowest BCUT2D eigenvalue weighted by Gasteiger charge is -2.08. The second kappa shape index (κ2) is 7.14. The number of methoxy groups -OCH3 is 1. The Bertz CT molecular complexity index is 871. The molecular weight excluding hydrogens is 318 g/mol. The van der Waals surface area contributed by atoms with Gasteiger partial charge >= 0.3 is 0 Å². The van der Waals surface area contributed by atoms with Crippen molar-refractivity contribution in [1.29, 1.82) is 0 Å². The van der Waals surface area contributed by atoms with E-state index in [0.717, 1.165) is 16.9 Å². The van der Waals surface area contributed by atoms with Crippen LogP contribution in [0.5, 0.6) is 5.75 Å². The molecule has 0 fully saturated rings. The van der Waals surface area contributed by atoms with Gasteiger partial charge in [-0.2, -0.15) is 5.10 Å². The Kier molecular flexibility index (Phi) is 4.76. The number of nitrogens with two attached hydrogens (primary N) is 1. The fourth-order valence-electron chi connectivity index (χ4n) is 2.26. The molecule has 25 heavy (non-hydrogen) atoms. The van der Waals surface area contributed by atoms with E-state index in [9.17, 15) is 4.79 Å². The molecule has 0 saturated carbocycles. The van der Waals surface area contributed by atoms with Gasteiger partial charge in [0.25, 0.3) is 0 Å². The summed E-state index contributed by atoms with van der Waals surface area (Å²) in [5.41, 5.74) is 7.92. The zero-order valence-electron chi connectivity index (χ0n) is 14.0. The molecule has 0 spiro atoms. The van der Waals surface area contributed by atoms with Crippen LogP contribution >= 0.6 is 0 Å². The van der Waals surface area contributed by atoms with Gasteiger partial charge in [0.2, 0.25) is 5.91 Å². The zero-order chi connectivity index (χ0) is 17.8. The number of aromatic nitrogens is 3. The summed E-state index contributed by atoms with van der Waals surface area (Å²) in [5.74, 6) is 1.73. The van der Waals surface area contributed by atoms with E-state index in [1.54, 1.807) is 20.1 Å². The van der Waals surface area contributed by atoms with Gasteiger partial charge < -0.3 is 15.8 Å². The van der Waals surface area contributed by atoms with E-state index in [4.69, 9.17) is 10.5 Å². The third-order valence-corrected chi connectivity index (χ3v) is 3.65. The molecule has 0 aliphatic rings. The van der Waals surface area contributed by atoms with Crippen LogP contribution in [0.4, 0.5) is 5.69 Å². The average molecular weight is 337 g/mol. The average Bonchev–Trinajstić information content (AvgIpc) is 3.12. The van der Waals surface area contributed by atoms with Gasteiger partial charge in [-0.3, -0.25) is 9.89 Å². The molecule has 3 rings (SSSR count). The highest BCUT2D eigenvalue weighted by atomic mass is 16.5. The molecule has 0 aliphatic heterocycles. The summed E-state index contributed by atoms with van der Waals surface area (Å²) in [6.45, 7) is 1.64. The molecule has 0 radical (unpaired) electrons. The van der Waals surface area contributed by atoms with E-state index >= 15 is 0 Å². The number of ether oxygens (including phenoxy) is 1. The quantitative estimate of drug-likeness (QED) is 0.663. The number of H-pyrrole nitrogens is 1. The molecule has 7 heteroatoms. The van der Waals surface area contributed by atoms with E-state index in [2.05, 4.69) is 20.5 Å². The van der Waals surface area contributed by atoms with Crippen molar-refractivity contribution >= 4 is 11.6 Å². The molecule has 1 aromatic heterocycles. The van der Waals surface area contributed by atoms with Crippen LogP contribution in [-0.4, -0.2) is 34.2 Å². The highest BCUT2D eigenvalue weighted by Gasteiger charge is 2.11. The van der Waals surface area contributed by atoms with Crippen LogP contribution in [0.1, 0.15) is 6.92 Å². The Labute approximate surface area is 145 Å². The van der Waals surface area contributed by atoms with Crippen molar-refractivity contribution < 1.29 is 9.53 Å². The van der Waals surface area contributed by atoms with E-state index < -0.39 is 6.04 Å². The zero-order valence-corrected chi connectivity index (χ0v) is 14.0. The lowest BCUT2D eigenvalue weighted by Crippen LogP contribution is -2.32. The minimum atomic E-state index is -0.574. The minimum Gasteiger partial charge on any atom is -0.497 e. The fourth-order valence-corrected chi connectivity index (χ4v) is 2.26. The van der Waals surface area contributed by atoms with Gasteiger partial charge in [0.1, 0.15) is 5.75 Å².